The third kappa shape index (κ3) is 3.39. The van der Waals surface area contributed by atoms with Crippen LogP contribution in [0.25, 0.3) is 5.69 Å². The number of aromatic nitrogens is 4. The summed E-state index contributed by atoms with van der Waals surface area (Å²) >= 11 is 0. The summed E-state index contributed by atoms with van der Waals surface area (Å²) < 4.78 is 1.72. The number of amides is 1. The van der Waals surface area contributed by atoms with Crippen LogP contribution >= 0.6 is 0 Å². The number of rotatable bonds is 5. The van der Waals surface area contributed by atoms with Crippen LogP contribution in [0, 0.1) is 5.92 Å². The van der Waals surface area contributed by atoms with Gasteiger partial charge >= 0.3 is 0 Å². The molecule has 1 amide bonds. The lowest BCUT2D eigenvalue weighted by Crippen LogP contribution is -2.45. The number of nitrogens with zero attached hydrogens (tertiary/aromatic N) is 4. The highest BCUT2D eigenvalue weighted by Gasteiger charge is 2.31. The van der Waals surface area contributed by atoms with E-state index in [0.29, 0.717) is 0 Å². The second-order valence-electron chi connectivity index (χ2n) is 6.07. The Morgan fingerprint density at radius 2 is 2.04 bits per heavy atom. The molecule has 0 saturated heterocycles. The first-order chi connectivity index (χ1) is 11.2. The second-order valence-corrected chi connectivity index (χ2v) is 6.07. The summed E-state index contributed by atoms with van der Waals surface area (Å²) in [6.45, 7) is 2.01. The van der Waals surface area contributed by atoms with E-state index < -0.39 is 0 Å². The van der Waals surface area contributed by atoms with Gasteiger partial charge in [-0.15, -0.1) is 5.10 Å². The monoisotopic (exact) mass is 314 g/mol. The molecule has 7 heteroatoms. The third-order valence-electron chi connectivity index (χ3n) is 4.48. The van der Waals surface area contributed by atoms with E-state index in [1.165, 1.54) is 0 Å². The van der Waals surface area contributed by atoms with Crippen molar-refractivity contribution in [2.75, 3.05) is 0 Å². The van der Waals surface area contributed by atoms with Gasteiger partial charge in [-0.05, 0) is 42.3 Å². The number of benzene rings is 1. The van der Waals surface area contributed by atoms with E-state index in [0.717, 1.165) is 37.2 Å². The van der Waals surface area contributed by atoms with Crippen LogP contribution < -0.4 is 11.1 Å². The van der Waals surface area contributed by atoms with Crippen LogP contribution in [0.15, 0.2) is 30.3 Å². The van der Waals surface area contributed by atoms with Crippen LogP contribution in [0.3, 0.4) is 0 Å². The molecule has 0 radical (unpaired) electrons. The van der Waals surface area contributed by atoms with E-state index in [-0.39, 0.29) is 23.9 Å². The van der Waals surface area contributed by atoms with Crippen molar-refractivity contribution in [3.63, 3.8) is 0 Å². The second kappa shape index (κ2) is 6.87. The van der Waals surface area contributed by atoms with Gasteiger partial charge in [-0.1, -0.05) is 31.0 Å². The molecule has 3 N–H and O–H groups in total. The van der Waals surface area contributed by atoms with Crippen LogP contribution in [0.1, 0.15) is 44.5 Å². The molecule has 0 bridgehead atoms. The zero-order valence-corrected chi connectivity index (χ0v) is 13.2. The molecule has 7 nitrogen and oxygen atoms in total. The highest BCUT2D eigenvalue weighted by Crippen LogP contribution is 2.26. The van der Waals surface area contributed by atoms with Gasteiger partial charge in [0.1, 0.15) is 0 Å². The molecule has 3 atom stereocenters. The summed E-state index contributed by atoms with van der Waals surface area (Å²) in [5, 5.41) is 15.5. The molecule has 1 aliphatic rings. The largest absolute Gasteiger partial charge is 0.369 e. The first kappa shape index (κ1) is 15.6. The van der Waals surface area contributed by atoms with Crippen molar-refractivity contribution in [2.24, 2.45) is 11.7 Å². The molecule has 1 aliphatic carbocycles. The van der Waals surface area contributed by atoms with Crippen molar-refractivity contribution in [2.45, 2.75) is 44.7 Å². The van der Waals surface area contributed by atoms with Crippen LogP contribution in [0.4, 0.5) is 0 Å². The van der Waals surface area contributed by atoms with Gasteiger partial charge in [0.15, 0.2) is 5.82 Å². The zero-order valence-electron chi connectivity index (χ0n) is 13.2. The Morgan fingerprint density at radius 3 is 2.78 bits per heavy atom. The van der Waals surface area contributed by atoms with E-state index in [4.69, 9.17) is 5.73 Å². The van der Waals surface area contributed by atoms with Gasteiger partial charge in [-0.3, -0.25) is 4.79 Å². The smallest absolute Gasteiger partial charge is 0.222 e. The maximum Gasteiger partial charge on any atom is 0.222 e. The fourth-order valence-corrected chi connectivity index (χ4v) is 3.28. The fraction of sp³-hybridized carbons (Fsp3) is 0.500. The van der Waals surface area contributed by atoms with E-state index in [1.807, 2.05) is 37.3 Å². The molecule has 0 aliphatic heterocycles. The molecule has 0 spiro atoms. The van der Waals surface area contributed by atoms with Crippen molar-refractivity contribution in [1.29, 1.82) is 0 Å². The summed E-state index contributed by atoms with van der Waals surface area (Å²) in [4.78, 5) is 11.7. The third-order valence-corrected chi connectivity index (χ3v) is 4.48. The van der Waals surface area contributed by atoms with Gasteiger partial charge in [0.25, 0.3) is 0 Å². The van der Waals surface area contributed by atoms with Gasteiger partial charge in [0.05, 0.1) is 17.6 Å². The number of carbonyl (C=O) groups excluding carboxylic acids is 1. The highest BCUT2D eigenvalue weighted by molar-refractivity contribution is 5.77. The predicted molar refractivity (Wildman–Crippen MR) is 85.6 cm³/mol. The van der Waals surface area contributed by atoms with E-state index in [2.05, 4.69) is 20.8 Å². The molecule has 0 unspecified atom stereocenters. The van der Waals surface area contributed by atoms with Crippen LogP contribution in [-0.4, -0.2) is 32.2 Å². The first-order valence-electron chi connectivity index (χ1n) is 8.06. The number of tetrazole rings is 1. The molecule has 1 heterocycles. The lowest BCUT2D eigenvalue weighted by Gasteiger charge is -2.32. The lowest BCUT2D eigenvalue weighted by atomic mass is 9.83. The number of nitrogens with two attached hydrogens (primary N) is 1. The molecule has 1 fully saturated rings. The molecule has 1 aromatic heterocycles. The summed E-state index contributed by atoms with van der Waals surface area (Å²) in [5.41, 5.74) is 6.46. The number of nitrogens with one attached hydrogen (secondary N) is 1. The summed E-state index contributed by atoms with van der Waals surface area (Å²) in [6, 6.07) is 9.77. The summed E-state index contributed by atoms with van der Waals surface area (Å²) in [5.74, 6) is 0.384. The minimum Gasteiger partial charge on any atom is -0.369 e. The molecule has 2 aromatic rings. The minimum atomic E-state index is -0.225. The highest BCUT2D eigenvalue weighted by atomic mass is 16.1. The van der Waals surface area contributed by atoms with Crippen molar-refractivity contribution in [3.8, 4) is 5.69 Å². The molecule has 1 aromatic carbocycles. The Bertz CT molecular complexity index is 656. The van der Waals surface area contributed by atoms with Crippen LogP contribution in [0.5, 0.6) is 0 Å². The first-order valence-corrected chi connectivity index (χ1v) is 8.06. The Morgan fingerprint density at radius 1 is 1.30 bits per heavy atom. The van der Waals surface area contributed by atoms with Crippen molar-refractivity contribution in [1.82, 2.24) is 25.5 Å². The molecule has 1 saturated carbocycles. The lowest BCUT2D eigenvalue weighted by molar-refractivity contribution is -0.123. The van der Waals surface area contributed by atoms with Gasteiger partial charge in [0, 0.05) is 6.04 Å². The molecular formula is C16H22N6O. The van der Waals surface area contributed by atoms with Crippen LogP contribution in [-0.2, 0) is 4.79 Å². The van der Waals surface area contributed by atoms with Crippen LogP contribution in [0.2, 0.25) is 0 Å². The predicted octanol–water partition coefficient (Wildman–Crippen LogP) is 1.36. The Hall–Kier alpha value is -2.28. The van der Waals surface area contributed by atoms with Crippen molar-refractivity contribution >= 4 is 5.91 Å². The SMILES string of the molecule is C[C@H](N[C@@H]1CCCC[C@@H]1C(N)=O)c1nnnn1-c1ccccc1. The topological polar surface area (TPSA) is 98.7 Å². The van der Waals surface area contributed by atoms with E-state index >= 15 is 0 Å². The number of primary amides is 1. The van der Waals surface area contributed by atoms with E-state index in [1.54, 1.807) is 4.68 Å². The Balaban J connectivity index is 1.77. The maximum atomic E-state index is 11.7. The number of carbonyl (C=O) groups is 1. The molecule has 122 valence electrons. The van der Waals surface area contributed by atoms with Gasteiger partial charge in [-0.25, -0.2) is 0 Å². The Labute approximate surface area is 135 Å². The number of para-hydroxylation sites is 1. The van der Waals surface area contributed by atoms with Crippen molar-refractivity contribution < 1.29 is 4.79 Å². The van der Waals surface area contributed by atoms with Gasteiger partial charge in [-0.2, -0.15) is 4.68 Å². The molecule has 3 rings (SSSR count). The van der Waals surface area contributed by atoms with E-state index in [9.17, 15) is 4.79 Å². The van der Waals surface area contributed by atoms with Gasteiger partial charge in [0.2, 0.25) is 5.91 Å². The zero-order chi connectivity index (χ0) is 16.2. The quantitative estimate of drug-likeness (QED) is 0.868. The van der Waals surface area contributed by atoms with Gasteiger partial charge < -0.3 is 11.1 Å². The average Bonchev–Trinajstić information content (AvgIpc) is 3.05. The average molecular weight is 314 g/mol. The van der Waals surface area contributed by atoms with Crippen molar-refractivity contribution in [3.05, 3.63) is 36.2 Å². The molecule has 23 heavy (non-hydrogen) atoms. The summed E-state index contributed by atoms with van der Waals surface area (Å²) in [7, 11) is 0. The standard InChI is InChI=1S/C16H22N6O/c1-11(18-14-10-6-5-9-13(14)15(17)23)16-19-20-21-22(16)12-7-3-2-4-8-12/h2-4,7-8,11,13-14,18H,5-6,9-10H2,1H3,(H2,17,23)/t11-,13-,14+/m0/s1. The summed E-state index contributed by atoms with van der Waals surface area (Å²) in [6.07, 6.45) is 3.97. The molecular weight excluding hydrogens is 292 g/mol. The number of hydrogen-bond acceptors (Lipinski definition) is 5. The fourth-order valence-electron chi connectivity index (χ4n) is 3.28. The number of hydrogen-bond donors (Lipinski definition) is 2. The Kier molecular flexibility index (Phi) is 4.66. The minimum absolute atomic E-state index is 0.0739. The normalized spacial score (nSPS) is 22.7. The maximum absolute atomic E-state index is 11.7.